The summed E-state index contributed by atoms with van der Waals surface area (Å²) < 4.78 is 4.82. The van der Waals surface area contributed by atoms with Gasteiger partial charge in [-0.2, -0.15) is 0 Å². The molecule has 0 unspecified atom stereocenters. The van der Waals surface area contributed by atoms with Crippen molar-refractivity contribution < 1.29 is 9.53 Å². The van der Waals surface area contributed by atoms with Gasteiger partial charge in [0.1, 0.15) is 0 Å². The molecule has 21 heavy (non-hydrogen) atoms. The van der Waals surface area contributed by atoms with Gasteiger partial charge in [-0.15, -0.1) is 5.11 Å². The Morgan fingerprint density at radius 1 is 1.29 bits per heavy atom. The van der Waals surface area contributed by atoms with Gasteiger partial charge in [0.15, 0.2) is 0 Å². The summed E-state index contributed by atoms with van der Waals surface area (Å²) >= 11 is 0. The van der Waals surface area contributed by atoms with E-state index in [0.29, 0.717) is 6.61 Å². The fraction of sp³-hybridized carbons (Fsp3) is 0.438. The molecule has 0 atom stereocenters. The number of esters is 1. The van der Waals surface area contributed by atoms with Crippen LogP contribution in [0.25, 0.3) is 6.08 Å². The van der Waals surface area contributed by atoms with Crippen LogP contribution < -0.4 is 0 Å². The third-order valence-electron chi connectivity index (χ3n) is 2.74. The predicted molar refractivity (Wildman–Crippen MR) is 84.2 cm³/mol. The molecule has 0 aromatic heterocycles. The van der Waals surface area contributed by atoms with Crippen LogP contribution in [0.3, 0.4) is 0 Å². The smallest absolute Gasteiger partial charge is 0.330 e. The topological polar surface area (TPSA) is 54.3 Å². The summed E-state index contributed by atoms with van der Waals surface area (Å²) in [4.78, 5) is 11.2. The van der Waals surface area contributed by atoms with Gasteiger partial charge in [0, 0.05) is 19.7 Å². The highest BCUT2D eigenvalue weighted by molar-refractivity contribution is 5.87. The molecule has 5 heteroatoms. The summed E-state index contributed by atoms with van der Waals surface area (Å²) in [7, 11) is 1.91. The number of benzene rings is 1. The van der Waals surface area contributed by atoms with E-state index in [2.05, 4.69) is 17.3 Å². The Bertz CT molecular complexity index is 481. The van der Waals surface area contributed by atoms with E-state index in [1.165, 1.54) is 6.08 Å². The largest absolute Gasteiger partial charge is 0.463 e. The fourth-order valence-corrected chi connectivity index (χ4v) is 1.57. The number of carbonyl (C=O) groups is 1. The maximum Gasteiger partial charge on any atom is 0.330 e. The lowest BCUT2D eigenvalue weighted by Crippen LogP contribution is -2.10. The minimum Gasteiger partial charge on any atom is -0.463 e. The monoisotopic (exact) mass is 289 g/mol. The second-order valence-electron chi connectivity index (χ2n) is 4.60. The van der Waals surface area contributed by atoms with Crippen molar-refractivity contribution in [3.63, 3.8) is 0 Å². The molecule has 0 aliphatic rings. The number of carbonyl (C=O) groups excluding carboxylic acids is 1. The Morgan fingerprint density at radius 2 is 2.00 bits per heavy atom. The average Bonchev–Trinajstić information content (AvgIpc) is 2.50. The van der Waals surface area contributed by atoms with Crippen LogP contribution >= 0.6 is 0 Å². The molecule has 1 aromatic rings. The van der Waals surface area contributed by atoms with Gasteiger partial charge in [0.2, 0.25) is 0 Å². The molecule has 0 heterocycles. The van der Waals surface area contributed by atoms with Crippen LogP contribution in [0.1, 0.15) is 32.3 Å². The standard InChI is InChI=1S/C16H23N3O2/c1-4-6-13-19(3)18-17-15-10-7-14(8-11-15)9-12-16(20)21-5-2/h7-12H,4-6,13H2,1-3H3. The van der Waals surface area contributed by atoms with Crippen molar-refractivity contribution >= 4 is 17.7 Å². The first kappa shape index (κ1) is 16.9. The zero-order valence-electron chi connectivity index (χ0n) is 13.0. The van der Waals surface area contributed by atoms with E-state index < -0.39 is 0 Å². The van der Waals surface area contributed by atoms with E-state index in [4.69, 9.17) is 4.74 Å². The van der Waals surface area contributed by atoms with E-state index in [1.807, 2.05) is 36.3 Å². The van der Waals surface area contributed by atoms with Crippen LogP contribution in [0.5, 0.6) is 0 Å². The van der Waals surface area contributed by atoms with Crippen LogP contribution in [0.4, 0.5) is 5.69 Å². The number of rotatable bonds is 8. The van der Waals surface area contributed by atoms with E-state index in [-0.39, 0.29) is 5.97 Å². The second kappa shape index (κ2) is 9.69. The van der Waals surface area contributed by atoms with E-state index in [1.54, 1.807) is 13.0 Å². The number of hydrogen-bond donors (Lipinski definition) is 0. The van der Waals surface area contributed by atoms with Crippen molar-refractivity contribution in [3.8, 4) is 0 Å². The average molecular weight is 289 g/mol. The Hall–Kier alpha value is -2.17. The highest BCUT2D eigenvalue weighted by atomic mass is 16.5. The van der Waals surface area contributed by atoms with Gasteiger partial charge in [0.25, 0.3) is 0 Å². The minimum atomic E-state index is -0.334. The first-order chi connectivity index (χ1) is 10.2. The second-order valence-corrected chi connectivity index (χ2v) is 4.60. The van der Waals surface area contributed by atoms with E-state index in [9.17, 15) is 4.79 Å². The van der Waals surface area contributed by atoms with Gasteiger partial charge < -0.3 is 4.74 Å². The molecule has 0 fully saturated rings. The van der Waals surface area contributed by atoms with Crippen LogP contribution in [0.2, 0.25) is 0 Å². The zero-order chi connectivity index (χ0) is 15.5. The maximum atomic E-state index is 11.2. The zero-order valence-corrected chi connectivity index (χ0v) is 13.0. The third-order valence-corrected chi connectivity index (χ3v) is 2.74. The van der Waals surface area contributed by atoms with Gasteiger partial charge in [-0.25, -0.2) is 4.79 Å². The van der Waals surface area contributed by atoms with Gasteiger partial charge in [-0.05, 0) is 37.1 Å². The van der Waals surface area contributed by atoms with Crippen LogP contribution in [-0.4, -0.2) is 31.2 Å². The molecule has 0 aliphatic carbocycles. The Morgan fingerprint density at radius 3 is 2.62 bits per heavy atom. The lowest BCUT2D eigenvalue weighted by atomic mass is 10.2. The quantitative estimate of drug-likeness (QED) is 0.314. The summed E-state index contributed by atoms with van der Waals surface area (Å²) in [5, 5.41) is 10.1. The molecule has 114 valence electrons. The first-order valence-electron chi connectivity index (χ1n) is 7.23. The summed E-state index contributed by atoms with van der Waals surface area (Å²) in [5.74, 6) is -0.334. The highest BCUT2D eigenvalue weighted by Gasteiger charge is 1.96. The molecule has 0 saturated carbocycles. The van der Waals surface area contributed by atoms with Gasteiger partial charge in [-0.1, -0.05) is 30.7 Å². The summed E-state index contributed by atoms with van der Waals surface area (Å²) in [6, 6.07) is 7.50. The van der Waals surface area contributed by atoms with E-state index >= 15 is 0 Å². The van der Waals surface area contributed by atoms with Crippen molar-refractivity contribution in [2.45, 2.75) is 26.7 Å². The molecule has 0 radical (unpaired) electrons. The summed E-state index contributed by atoms with van der Waals surface area (Å²) in [6.45, 7) is 5.21. The SMILES string of the molecule is CCCCN(C)N=Nc1ccc(C=CC(=O)OCC)cc1. The van der Waals surface area contributed by atoms with Crippen molar-refractivity contribution in [3.05, 3.63) is 35.9 Å². The molecule has 0 spiro atoms. The molecule has 0 bridgehead atoms. The lowest BCUT2D eigenvalue weighted by Gasteiger charge is -2.09. The van der Waals surface area contributed by atoms with Gasteiger partial charge >= 0.3 is 5.97 Å². The third kappa shape index (κ3) is 7.25. The molecular weight excluding hydrogens is 266 g/mol. The highest BCUT2D eigenvalue weighted by Crippen LogP contribution is 2.15. The van der Waals surface area contributed by atoms with Crippen molar-refractivity contribution in [2.75, 3.05) is 20.2 Å². The van der Waals surface area contributed by atoms with E-state index in [0.717, 1.165) is 30.6 Å². The predicted octanol–water partition coefficient (Wildman–Crippen LogP) is 3.99. The molecule has 5 nitrogen and oxygen atoms in total. The lowest BCUT2D eigenvalue weighted by molar-refractivity contribution is -0.137. The molecule has 1 rings (SSSR count). The Kier molecular flexibility index (Phi) is 7.79. The number of hydrogen-bond acceptors (Lipinski definition) is 4. The Balaban J connectivity index is 2.54. The molecule has 0 N–H and O–H groups in total. The molecule has 0 saturated heterocycles. The number of unbranched alkanes of at least 4 members (excludes halogenated alkanes) is 1. The molecule has 0 aliphatic heterocycles. The summed E-state index contributed by atoms with van der Waals surface area (Å²) in [5.41, 5.74) is 1.70. The van der Waals surface area contributed by atoms with Crippen molar-refractivity contribution in [1.82, 2.24) is 5.01 Å². The first-order valence-corrected chi connectivity index (χ1v) is 7.23. The van der Waals surface area contributed by atoms with Crippen LogP contribution in [0, 0.1) is 0 Å². The number of ether oxygens (including phenoxy) is 1. The van der Waals surface area contributed by atoms with Gasteiger partial charge in [0.05, 0.1) is 12.3 Å². The van der Waals surface area contributed by atoms with Crippen molar-refractivity contribution in [2.24, 2.45) is 10.3 Å². The van der Waals surface area contributed by atoms with Gasteiger partial charge in [-0.3, -0.25) is 5.01 Å². The number of nitrogens with zero attached hydrogens (tertiary/aromatic N) is 3. The van der Waals surface area contributed by atoms with Crippen molar-refractivity contribution in [1.29, 1.82) is 0 Å². The molecular formula is C16H23N3O2. The summed E-state index contributed by atoms with van der Waals surface area (Å²) in [6.07, 6.45) is 5.37. The minimum absolute atomic E-state index is 0.334. The van der Waals surface area contributed by atoms with Crippen LogP contribution in [0.15, 0.2) is 40.7 Å². The maximum absolute atomic E-state index is 11.2. The fourth-order valence-electron chi connectivity index (χ4n) is 1.57. The molecule has 0 amide bonds. The Labute approximate surface area is 126 Å². The normalized spacial score (nSPS) is 11.2. The molecule has 1 aromatic carbocycles. The van der Waals surface area contributed by atoms with Crippen LogP contribution in [-0.2, 0) is 9.53 Å².